The van der Waals surface area contributed by atoms with Crippen LogP contribution in [0.3, 0.4) is 0 Å². The topological polar surface area (TPSA) is 58.9 Å². The van der Waals surface area contributed by atoms with Crippen LogP contribution in [0.2, 0.25) is 0 Å². The number of nitro benzene ring substituents is 1. The summed E-state index contributed by atoms with van der Waals surface area (Å²) in [6, 6.07) is 5.62. The summed E-state index contributed by atoms with van der Waals surface area (Å²) in [4.78, 5) is 14.1. The summed E-state index contributed by atoms with van der Waals surface area (Å²) in [5, 5.41) is 12.0. The minimum atomic E-state index is -0.247. The molecule has 0 saturated carbocycles. The molecule has 4 heteroatoms. The van der Waals surface area contributed by atoms with Crippen molar-refractivity contribution in [3.8, 4) is 0 Å². The van der Waals surface area contributed by atoms with Crippen LogP contribution in [0.25, 0.3) is 10.9 Å². The molecule has 0 atom stereocenters. The maximum absolute atomic E-state index is 11.3. The van der Waals surface area contributed by atoms with Gasteiger partial charge in [-0.05, 0) is 25.0 Å². The van der Waals surface area contributed by atoms with Crippen LogP contribution in [0.15, 0.2) is 24.4 Å². The average Bonchev–Trinajstić information content (AvgIpc) is 2.90. The lowest BCUT2D eigenvalue weighted by molar-refractivity contribution is -0.383. The summed E-state index contributed by atoms with van der Waals surface area (Å²) in [5.41, 5.74) is 1.97. The highest BCUT2D eigenvalue weighted by Crippen LogP contribution is 2.30. The molecule has 0 aliphatic heterocycles. The van der Waals surface area contributed by atoms with Gasteiger partial charge in [0.15, 0.2) is 0 Å². The first-order valence-electron chi connectivity index (χ1n) is 7.47. The van der Waals surface area contributed by atoms with E-state index in [9.17, 15) is 10.1 Å². The fraction of sp³-hybridized carbons (Fsp3) is 0.500. The van der Waals surface area contributed by atoms with E-state index in [0.29, 0.717) is 0 Å². The quantitative estimate of drug-likeness (QED) is 0.419. The smallest absolute Gasteiger partial charge is 0.281 e. The van der Waals surface area contributed by atoms with Gasteiger partial charge in [-0.1, -0.05) is 45.1 Å². The summed E-state index contributed by atoms with van der Waals surface area (Å²) in [6.45, 7) is 2.20. The predicted octanol–water partition coefficient (Wildman–Crippen LogP) is 4.98. The van der Waals surface area contributed by atoms with Crippen LogP contribution in [0, 0.1) is 10.1 Å². The molecule has 0 amide bonds. The predicted molar refractivity (Wildman–Crippen MR) is 82.0 cm³/mol. The zero-order valence-corrected chi connectivity index (χ0v) is 12.0. The minimum absolute atomic E-state index is 0.247. The fourth-order valence-electron chi connectivity index (χ4n) is 2.68. The summed E-state index contributed by atoms with van der Waals surface area (Å²) in [6.07, 6.45) is 9.77. The monoisotopic (exact) mass is 274 g/mol. The lowest BCUT2D eigenvalue weighted by Gasteiger charge is -2.04. The number of rotatable bonds is 8. The second-order valence-corrected chi connectivity index (χ2v) is 5.29. The number of benzene rings is 1. The number of aryl methyl sites for hydroxylation is 1. The molecule has 108 valence electrons. The second kappa shape index (κ2) is 7.08. The number of hydrogen-bond acceptors (Lipinski definition) is 2. The number of fused-ring (bicyclic) bond motifs is 1. The van der Waals surface area contributed by atoms with Gasteiger partial charge in [-0.3, -0.25) is 10.1 Å². The molecule has 0 aliphatic carbocycles. The van der Waals surface area contributed by atoms with E-state index in [1.54, 1.807) is 12.3 Å². The Balaban J connectivity index is 2.02. The first-order valence-corrected chi connectivity index (χ1v) is 7.47. The first-order chi connectivity index (χ1) is 9.74. The molecule has 0 unspecified atom stereocenters. The van der Waals surface area contributed by atoms with Crippen LogP contribution < -0.4 is 0 Å². The number of H-pyrrole nitrogens is 1. The molecule has 2 rings (SSSR count). The molecule has 4 nitrogen and oxygen atoms in total. The minimum Gasteiger partial charge on any atom is -0.361 e. The number of unbranched alkanes of at least 4 members (excludes halogenated alkanes) is 5. The summed E-state index contributed by atoms with van der Waals surface area (Å²) >= 11 is 0. The van der Waals surface area contributed by atoms with E-state index in [4.69, 9.17) is 0 Å². The molecule has 1 aromatic carbocycles. The fourth-order valence-corrected chi connectivity index (χ4v) is 2.68. The highest BCUT2D eigenvalue weighted by Gasteiger charge is 2.18. The van der Waals surface area contributed by atoms with Gasteiger partial charge in [0.1, 0.15) is 0 Å². The number of aromatic amines is 1. The van der Waals surface area contributed by atoms with E-state index < -0.39 is 0 Å². The Morgan fingerprint density at radius 3 is 2.60 bits per heavy atom. The van der Waals surface area contributed by atoms with E-state index in [2.05, 4.69) is 11.9 Å². The molecule has 0 fully saturated rings. The van der Waals surface area contributed by atoms with E-state index >= 15 is 0 Å². The Morgan fingerprint density at radius 2 is 1.85 bits per heavy atom. The molecule has 0 aliphatic rings. The zero-order valence-electron chi connectivity index (χ0n) is 12.0. The van der Waals surface area contributed by atoms with E-state index in [-0.39, 0.29) is 10.6 Å². The standard InChI is InChI=1S/C16H22N2O2/c1-2-3-4-5-6-7-8-13-9-10-15-14(11-12-17-15)16(13)18(19)20/h9-12,17H,2-8H2,1H3. The number of aromatic nitrogens is 1. The summed E-state index contributed by atoms with van der Waals surface area (Å²) in [5.74, 6) is 0. The molecule has 20 heavy (non-hydrogen) atoms. The van der Waals surface area contributed by atoms with Gasteiger partial charge in [-0.2, -0.15) is 0 Å². The van der Waals surface area contributed by atoms with Crippen molar-refractivity contribution in [3.63, 3.8) is 0 Å². The van der Waals surface area contributed by atoms with Gasteiger partial charge in [0, 0.05) is 11.8 Å². The zero-order chi connectivity index (χ0) is 14.4. The van der Waals surface area contributed by atoms with Crippen LogP contribution >= 0.6 is 0 Å². The van der Waals surface area contributed by atoms with Gasteiger partial charge >= 0.3 is 0 Å². The van der Waals surface area contributed by atoms with Crippen molar-refractivity contribution < 1.29 is 4.92 Å². The van der Waals surface area contributed by atoms with Crippen molar-refractivity contribution in [2.75, 3.05) is 0 Å². The van der Waals surface area contributed by atoms with Gasteiger partial charge in [0.05, 0.1) is 15.8 Å². The maximum Gasteiger partial charge on any atom is 0.281 e. The first kappa shape index (κ1) is 14.6. The van der Waals surface area contributed by atoms with Gasteiger partial charge in [0.2, 0.25) is 0 Å². The number of nitro groups is 1. The molecule has 1 heterocycles. The van der Waals surface area contributed by atoms with E-state index in [1.165, 1.54) is 25.7 Å². The molecule has 0 radical (unpaired) electrons. The average molecular weight is 274 g/mol. The lowest BCUT2D eigenvalue weighted by Crippen LogP contribution is -1.96. The van der Waals surface area contributed by atoms with Crippen LogP contribution in [0.5, 0.6) is 0 Å². The summed E-state index contributed by atoms with van der Waals surface area (Å²) in [7, 11) is 0. The van der Waals surface area contributed by atoms with Crippen LogP contribution in [-0.4, -0.2) is 9.91 Å². The van der Waals surface area contributed by atoms with Crippen LogP contribution in [0.1, 0.15) is 51.0 Å². The Hall–Kier alpha value is -1.84. The van der Waals surface area contributed by atoms with Gasteiger partial charge in [-0.15, -0.1) is 0 Å². The molecule has 1 aromatic heterocycles. The van der Waals surface area contributed by atoms with Crippen molar-refractivity contribution in [3.05, 3.63) is 40.1 Å². The third-order valence-electron chi connectivity index (χ3n) is 3.77. The Morgan fingerprint density at radius 1 is 1.10 bits per heavy atom. The maximum atomic E-state index is 11.3. The van der Waals surface area contributed by atoms with Gasteiger partial charge in [0.25, 0.3) is 5.69 Å². The Labute approximate surface area is 119 Å². The van der Waals surface area contributed by atoms with Crippen molar-refractivity contribution >= 4 is 16.6 Å². The number of nitrogens with zero attached hydrogens (tertiary/aromatic N) is 1. The molecule has 0 saturated heterocycles. The molecule has 0 bridgehead atoms. The Kier molecular flexibility index (Phi) is 5.16. The normalized spacial score (nSPS) is 11.1. The van der Waals surface area contributed by atoms with E-state index in [0.717, 1.165) is 35.7 Å². The van der Waals surface area contributed by atoms with Gasteiger partial charge in [-0.25, -0.2) is 0 Å². The van der Waals surface area contributed by atoms with Crippen molar-refractivity contribution in [2.24, 2.45) is 0 Å². The molecule has 0 spiro atoms. The third kappa shape index (κ3) is 3.38. The largest absolute Gasteiger partial charge is 0.361 e. The second-order valence-electron chi connectivity index (χ2n) is 5.29. The Bertz CT molecular complexity index is 575. The molecule has 2 aromatic rings. The molecule has 1 N–H and O–H groups in total. The van der Waals surface area contributed by atoms with Crippen molar-refractivity contribution in [1.82, 2.24) is 4.98 Å². The van der Waals surface area contributed by atoms with Crippen LogP contribution in [-0.2, 0) is 6.42 Å². The molecular formula is C16H22N2O2. The van der Waals surface area contributed by atoms with Crippen molar-refractivity contribution in [2.45, 2.75) is 51.9 Å². The van der Waals surface area contributed by atoms with Crippen LogP contribution in [0.4, 0.5) is 5.69 Å². The number of hydrogen-bond donors (Lipinski definition) is 1. The number of nitrogens with one attached hydrogen (secondary N) is 1. The third-order valence-corrected chi connectivity index (χ3v) is 3.77. The van der Waals surface area contributed by atoms with E-state index in [1.807, 2.05) is 12.1 Å². The lowest BCUT2D eigenvalue weighted by atomic mass is 10.0. The SMILES string of the molecule is CCCCCCCCc1ccc2[nH]ccc2c1[N+](=O)[O-]. The summed E-state index contributed by atoms with van der Waals surface area (Å²) < 4.78 is 0. The highest BCUT2D eigenvalue weighted by atomic mass is 16.6. The van der Waals surface area contributed by atoms with Crippen molar-refractivity contribution in [1.29, 1.82) is 0 Å². The molecular weight excluding hydrogens is 252 g/mol. The van der Waals surface area contributed by atoms with Gasteiger partial charge < -0.3 is 4.98 Å². The highest BCUT2D eigenvalue weighted by molar-refractivity contribution is 5.90.